The van der Waals surface area contributed by atoms with E-state index in [1.807, 2.05) is 30.3 Å². The van der Waals surface area contributed by atoms with Crippen molar-refractivity contribution in [3.63, 3.8) is 0 Å². The summed E-state index contributed by atoms with van der Waals surface area (Å²) < 4.78 is 11.4. The molecule has 1 N–H and O–H groups in total. The molecule has 4 rings (SSSR count). The summed E-state index contributed by atoms with van der Waals surface area (Å²) in [5, 5.41) is 3.51. The fourth-order valence-corrected chi connectivity index (χ4v) is 4.23. The van der Waals surface area contributed by atoms with Gasteiger partial charge in [-0.1, -0.05) is 42.8 Å². The number of benzene rings is 2. The van der Waals surface area contributed by atoms with Gasteiger partial charge in [0.2, 0.25) is 0 Å². The molecule has 5 nitrogen and oxygen atoms in total. The Kier molecular flexibility index (Phi) is 5.73. The fraction of sp³-hybridized carbons (Fsp3) is 0.360. The number of hydrogen-bond donors (Lipinski definition) is 1. The molecule has 0 radical (unpaired) electrons. The van der Waals surface area contributed by atoms with E-state index in [2.05, 4.69) is 5.32 Å². The number of nitrogens with one attached hydrogen (secondary N) is 1. The average Bonchev–Trinajstić information content (AvgIpc) is 2.75. The number of ether oxygens (including phenoxy) is 1. The third-order valence-electron chi connectivity index (χ3n) is 6.30. The van der Waals surface area contributed by atoms with Crippen LogP contribution in [0.1, 0.15) is 41.6 Å². The van der Waals surface area contributed by atoms with E-state index in [-0.39, 0.29) is 16.8 Å². The Labute approximate surface area is 176 Å². The van der Waals surface area contributed by atoms with Crippen LogP contribution in [-0.2, 0) is 4.74 Å². The molecule has 0 bridgehead atoms. The Hall–Kier alpha value is -2.92. The van der Waals surface area contributed by atoms with Crippen molar-refractivity contribution in [3.05, 3.63) is 69.9 Å². The van der Waals surface area contributed by atoms with Gasteiger partial charge in [-0.3, -0.25) is 9.59 Å². The molecule has 30 heavy (non-hydrogen) atoms. The standard InChI is InChI=1S/C25H27NO4/c1-17-21(27)19-10-6-11-20(23(19)30-22(17)18-8-4-3-5-9-18)24(28)26-16-25(12-7-13-25)14-15-29-2/h3-6,8-11H,7,12-16H2,1-2H3,(H,26,28). The summed E-state index contributed by atoms with van der Waals surface area (Å²) in [5.74, 6) is 0.291. The van der Waals surface area contributed by atoms with Crippen molar-refractivity contribution >= 4 is 16.9 Å². The SMILES string of the molecule is COCCC1(CNC(=O)c2cccc3c(=O)c(C)c(-c4ccccc4)oc23)CCC1. The lowest BCUT2D eigenvalue weighted by atomic mass is 9.66. The largest absolute Gasteiger partial charge is 0.455 e. The van der Waals surface area contributed by atoms with Crippen molar-refractivity contribution < 1.29 is 13.9 Å². The number of hydrogen-bond acceptors (Lipinski definition) is 4. The maximum absolute atomic E-state index is 13.1. The predicted molar refractivity (Wildman–Crippen MR) is 118 cm³/mol. The van der Waals surface area contributed by atoms with Crippen molar-refractivity contribution in [2.45, 2.75) is 32.6 Å². The molecular weight excluding hydrogens is 378 g/mol. The Bertz CT molecular complexity index is 1110. The van der Waals surface area contributed by atoms with Crippen LogP contribution in [0.15, 0.2) is 57.7 Å². The molecule has 156 valence electrons. The predicted octanol–water partition coefficient (Wildman–Crippen LogP) is 4.71. The second-order valence-corrected chi connectivity index (χ2v) is 8.21. The van der Waals surface area contributed by atoms with Gasteiger partial charge in [0.25, 0.3) is 5.91 Å². The van der Waals surface area contributed by atoms with Crippen LogP contribution in [0.5, 0.6) is 0 Å². The number of methoxy groups -OCH3 is 1. The van der Waals surface area contributed by atoms with Gasteiger partial charge in [0.05, 0.1) is 10.9 Å². The van der Waals surface area contributed by atoms with E-state index < -0.39 is 0 Å². The maximum Gasteiger partial charge on any atom is 0.255 e. The van der Waals surface area contributed by atoms with E-state index in [9.17, 15) is 9.59 Å². The number of carbonyl (C=O) groups is 1. The first-order valence-corrected chi connectivity index (χ1v) is 10.4. The minimum atomic E-state index is -0.213. The van der Waals surface area contributed by atoms with Crippen LogP contribution in [-0.4, -0.2) is 26.2 Å². The monoisotopic (exact) mass is 405 g/mol. The summed E-state index contributed by atoms with van der Waals surface area (Å²) in [6.45, 7) is 3.06. The van der Waals surface area contributed by atoms with Gasteiger partial charge in [-0.05, 0) is 43.7 Å². The molecule has 0 aliphatic heterocycles. The highest BCUT2D eigenvalue weighted by Gasteiger charge is 2.36. The van der Waals surface area contributed by atoms with Gasteiger partial charge < -0.3 is 14.5 Å². The molecule has 0 saturated heterocycles. The molecule has 1 aromatic heterocycles. The highest BCUT2D eigenvalue weighted by molar-refractivity contribution is 6.05. The molecule has 5 heteroatoms. The molecule has 1 fully saturated rings. The number of fused-ring (bicyclic) bond motifs is 1. The first kappa shape index (κ1) is 20.4. The molecule has 0 unspecified atom stereocenters. The Morgan fingerprint density at radius 1 is 1.13 bits per heavy atom. The number of para-hydroxylation sites is 1. The lowest BCUT2D eigenvalue weighted by Gasteiger charge is -2.42. The molecule has 3 aromatic rings. The lowest BCUT2D eigenvalue weighted by molar-refractivity contribution is 0.0632. The summed E-state index contributed by atoms with van der Waals surface area (Å²) in [7, 11) is 1.70. The van der Waals surface area contributed by atoms with Gasteiger partial charge in [0, 0.05) is 31.4 Å². The lowest BCUT2D eigenvalue weighted by Crippen LogP contribution is -2.42. The van der Waals surface area contributed by atoms with E-state index in [4.69, 9.17) is 9.15 Å². The molecule has 1 amide bonds. The minimum Gasteiger partial charge on any atom is -0.455 e. The van der Waals surface area contributed by atoms with Crippen LogP contribution < -0.4 is 10.7 Å². The molecule has 1 aliphatic rings. The van der Waals surface area contributed by atoms with Crippen molar-refractivity contribution in [3.8, 4) is 11.3 Å². The van der Waals surface area contributed by atoms with Crippen LogP contribution in [0.4, 0.5) is 0 Å². The zero-order valence-corrected chi connectivity index (χ0v) is 17.5. The van der Waals surface area contributed by atoms with E-state index in [1.165, 1.54) is 6.42 Å². The Morgan fingerprint density at radius 3 is 2.57 bits per heavy atom. The van der Waals surface area contributed by atoms with Crippen LogP contribution in [0, 0.1) is 12.3 Å². The second kappa shape index (κ2) is 8.44. The van der Waals surface area contributed by atoms with E-state index in [1.54, 1.807) is 32.2 Å². The molecule has 0 atom stereocenters. The quantitative estimate of drug-likeness (QED) is 0.618. The number of rotatable bonds is 7. The van der Waals surface area contributed by atoms with Gasteiger partial charge in [-0.25, -0.2) is 0 Å². The summed E-state index contributed by atoms with van der Waals surface area (Å²) in [5.41, 5.74) is 2.09. The first-order chi connectivity index (χ1) is 14.5. The van der Waals surface area contributed by atoms with Crippen molar-refractivity contribution in [2.75, 3.05) is 20.3 Å². The van der Waals surface area contributed by atoms with Crippen molar-refractivity contribution in [1.29, 1.82) is 0 Å². The van der Waals surface area contributed by atoms with E-state index in [0.717, 1.165) is 24.8 Å². The first-order valence-electron chi connectivity index (χ1n) is 10.4. The summed E-state index contributed by atoms with van der Waals surface area (Å²) >= 11 is 0. The normalized spacial score (nSPS) is 15.0. The summed E-state index contributed by atoms with van der Waals surface area (Å²) in [6.07, 6.45) is 4.31. The fourth-order valence-electron chi connectivity index (χ4n) is 4.23. The van der Waals surface area contributed by atoms with Gasteiger partial charge >= 0.3 is 0 Å². The van der Waals surface area contributed by atoms with E-state index >= 15 is 0 Å². The molecule has 2 aromatic carbocycles. The number of carbonyl (C=O) groups excluding carboxylic acids is 1. The van der Waals surface area contributed by atoms with Gasteiger partial charge in [-0.15, -0.1) is 0 Å². The third kappa shape index (κ3) is 3.77. The summed E-state index contributed by atoms with van der Waals surface area (Å²) in [4.78, 5) is 26.0. The average molecular weight is 405 g/mol. The molecule has 1 aliphatic carbocycles. The van der Waals surface area contributed by atoms with Crippen molar-refractivity contribution in [1.82, 2.24) is 5.32 Å². The number of amides is 1. The molecule has 0 spiro atoms. The second-order valence-electron chi connectivity index (χ2n) is 8.21. The Morgan fingerprint density at radius 2 is 1.90 bits per heavy atom. The van der Waals surface area contributed by atoms with Crippen LogP contribution in [0.25, 0.3) is 22.3 Å². The minimum absolute atomic E-state index is 0.111. The van der Waals surface area contributed by atoms with Crippen LogP contribution >= 0.6 is 0 Å². The van der Waals surface area contributed by atoms with Crippen LogP contribution in [0.2, 0.25) is 0 Å². The van der Waals surface area contributed by atoms with Gasteiger partial charge in [0.15, 0.2) is 11.0 Å². The smallest absolute Gasteiger partial charge is 0.255 e. The maximum atomic E-state index is 13.1. The van der Waals surface area contributed by atoms with Gasteiger partial charge in [0.1, 0.15) is 5.76 Å². The molecular formula is C25H27NO4. The zero-order valence-electron chi connectivity index (χ0n) is 17.5. The van der Waals surface area contributed by atoms with E-state index in [0.29, 0.717) is 41.0 Å². The van der Waals surface area contributed by atoms with Gasteiger partial charge in [-0.2, -0.15) is 0 Å². The molecule has 1 heterocycles. The zero-order chi connectivity index (χ0) is 21.1. The third-order valence-corrected chi connectivity index (χ3v) is 6.30. The molecule has 1 saturated carbocycles. The highest BCUT2D eigenvalue weighted by atomic mass is 16.5. The summed E-state index contributed by atoms with van der Waals surface area (Å²) in [6, 6.07) is 14.7. The topological polar surface area (TPSA) is 68.5 Å². The Balaban J connectivity index is 1.68. The highest BCUT2D eigenvalue weighted by Crippen LogP contribution is 2.43. The van der Waals surface area contributed by atoms with Crippen LogP contribution in [0.3, 0.4) is 0 Å². The van der Waals surface area contributed by atoms with Crippen molar-refractivity contribution in [2.24, 2.45) is 5.41 Å².